The van der Waals surface area contributed by atoms with Crippen LogP contribution < -0.4 is 0 Å². The van der Waals surface area contributed by atoms with Crippen LogP contribution in [0.15, 0.2) is 24.3 Å². The summed E-state index contributed by atoms with van der Waals surface area (Å²) in [6.45, 7) is 0. The molecule has 4 heteroatoms. The monoisotopic (exact) mass is 294 g/mol. The standard InChI is InChI=1S/C8H5Br2FO/c9-8(10)7(12)5-1-3-6(11)4-2-5/h1-4,8H. The molecule has 0 heterocycles. The fraction of sp³-hybridized carbons (Fsp3) is 0.125. The van der Waals surface area contributed by atoms with Gasteiger partial charge in [0, 0.05) is 5.56 Å². The summed E-state index contributed by atoms with van der Waals surface area (Å²) in [6, 6.07) is 5.42. The average Bonchev–Trinajstić information content (AvgIpc) is 2.04. The Morgan fingerprint density at radius 1 is 1.25 bits per heavy atom. The maximum Gasteiger partial charge on any atom is 0.187 e. The van der Waals surface area contributed by atoms with Gasteiger partial charge in [-0.1, -0.05) is 31.9 Å². The van der Waals surface area contributed by atoms with Crippen LogP contribution in [-0.2, 0) is 0 Å². The average molecular weight is 296 g/mol. The van der Waals surface area contributed by atoms with Crippen molar-refractivity contribution in [1.82, 2.24) is 0 Å². The van der Waals surface area contributed by atoms with Gasteiger partial charge in [-0.05, 0) is 24.3 Å². The predicted molar refractivity (Wildman–Crippen MR) is 52.4 cm³/mol. The molecule has 1 nitrogen and oxygen atoms in total. The first-order chi connectivity index (χ1) is 5.61. The Bertz CT molecular complexity index is 282. The second-order valence-electron chi connectivity index (χ2n) is 2.17. The summed E-state index contributed by atoms with van der Waals surface area (Å²) in [4.78, 5) is 11.2. The highest BCUT2D eigenvalue weighted by molar-refractivity contribution is 9.25. The Morgan fingerprint density at radius 2 is 1.75 bits per heavy atom. The Hall–Kier alpha value is -0.220. The van der Waals surface area contributed by atoms with Gasteiger partial charge in [0.2, 0.25) is 0 Å². The number of ketones is 1. The molecule has 0 bridgehead atoms. The summed E-state index contributed by atoms with van der Waals surface area (Å²) < 4.78 is 12.0. The number of benzene rings is 1. The highest BCUT2D eigenvalue weighted by atomic mass is 79.9. The summed E-state index contributed by atoms with van der Waals surface area (Å²) in [5.74, 6) is -0.456. The molecule has 0 spiro atoms. The van der Waals surface area contributed by atoms with E-state index < -0.39 is 3.74 Å². The van der Waals surface area contributed by atoms with E-state index in [4.69, 9.17) is 0 Å². The van der Waals surface area contributed by atoms with Gasteiger partial charge in [0.05, 0.1) is 0 Å². The van der Waals surface area contributed by atoms with Gasteiger partial charge in [0.25, 0.3) is 0 Å². The van der Waals surface area contributed by atoms with E-state index in [1.807, 2.05) is 0 Å². The summed E-state index contributed by atoms with van der Waals surface area (Å²) in [5.41, 5.74) is 0.482. The van der Waals surface area contributed by atoms with Crippen LogP contribution in [-0.4, -0.2) is 9.52 Å². The zero-order valence-corrected chi connectivity index (χ0v) is 9.10. The SMILES string of the molecule is O=C(c1ccc(F)cc1)C(Br)Br. The van der Waals surface area contributed by atoms with Crippen molar-refractivity contribution in [2.24, 2.45) is 0 Å². The molecule has 0 N–H and O–H groups in total. The maximum absolute atomic E-state index is 12.4. The van der Waals surface area contributed by atoms with Crippen LogP contribution in [0.4, 0.5) is 4.39 Å². The molecule has 0 aliphatic rings. The summed E-state index contributed by atoms with van der Waals surface area (Å²) >= 11 is 6.14. The maximum atomic E-state index is 12.4. The number of hydrogen-bond acceptors (Lipinski definition) is 1. The van der Waals surface area contributed by atoms with Crippen LogP contribution >= 0.6 is 31.9 Å². The highest BCUT2D eigenvalue weighted by Gasteiger charge is 2.12. The summed E-state index contributed by atoms with van der Waals surface area (Å²) in [6.07, 6.45) is 0. The van der Waals surface area contributed by atoms with Gasteiger partial charge < -0.3 is 0 Å². The third-order valence-corrected chi connectivity index (χ3v) is 2.16. The first kappa shape index (κ1) is 9.86. The van der Waals surface area contributed by atoms with E-state index in [-0.39, 0.29) is 11.6 Å². The van der Waals surface area contributed by atoms with Gasteiger partial charge in [-0.2, -0.15) is 0 Å². The molecule has 0 saturated heterocycles. The van der Waals surface area contributed by atoms with Crippen molar-refractivity contribution in [2.45, 2.75) is 3.74 Å². The Balaban J connectivity index is 2.90. The third-order valence-electron chi connectivity index (χ3n) is 1.33. The fourth-order valence-electron chi connectivity index (χ4n) is 0.740. The van der Waals surface area contributed by atoms with Crippen LogP contribution in [0.1, 0.15) is 10.4 Å². The van der Waals surface area contributed by atoms with Crippen molar-refractivity contribution < 1.29 is 9.18 Å². The van der Waals surface area contributed by atoms with Gasteiger partial charge >= 0.3 is 0 Å². The highest BCUT2D eigenvalue weighted by Crippen LogP contribution is 2.15. The van der Waals surface area contributed by atoms with E-state index in [1.165, 1.54) is 24.3 Å². The summed E-state index contributed by atoms with van der Waals surface area (Å²) in [7, 11) is 0. The number of Topliss-reactive ketones (excluding diaryl/α,β-unsaturated/α-hetero) is 1. The van der Waals surface area contributed by atoms with E-state index in [2.05, 4.69) is 31.9 Å². The molecular formula is C8H5Br2FO. The van der Waals surface area contributed by atoms with Crippen molar-refractivity contribution in [3.05, 3.63) is 35.6 Å². The van der Waals surface area contributed by atoms with Crippen molar-refractivity contribution in [1.29, 1.82) is 0 Å². The van der Waals surface area contributed by atoms with Crippen molar-refractivity contribution in [2.75, 3.05) is 0 Å². The largest absolute Gasteiger partial charge is 0.292 e. The number of carbonyl (C=O) groups is 1. The van der Waals surface area contributed by atoms with Gasteiger partial charge in [0.1, 0.15) is 9.55 Å². The van der Waals surface area contributed by atoms with E-state index in [1.54, 1.807) is 0 Å². The lowest BCUT2D eigenvalue weighted by Gasteiger charge is -1.99. The van der Waals surface area contributed by atoms with Gasteiger partial charge in [-0.15, -0.1) is 0 Å². The number of carbonyl (C=O) groups excluding carboxylic acids is 1. The fourth-order valence-corrected chi connectivity index (χ4v) is 1.27. The first-order valence-corrected chi connectivity index (χ1v) is 5.02. The minimum atomic E-state index is -0.407. The number of hydrogen-bond donors (Lipinski definition) is 0. The Morgan fingerprint density at radius 3 is 2.17 bits per heavy atom. The molecular weight excluding hydrogens is 291 g/mol. The number of rotatable bonds is 2. The van der Waals surface area contributed by atoms with Crippen molar-refractivity contribution >= 4 is 37.6 Å². The van der Waals surface area contributed by atoms with Gasteiger partial charge in [-0.25, -0.2) is 4.39 Å². The van der Waals surface area contributed by atoms with E-state index in [0.29, 0.717) is 5.56 Å². The van der Waals surface area contributed by atoms with Crippen molar-refractivity contribution in [3.8, 4) is 0 Å². The zero-order chi connectivity index (χ0) is 9.14. The summed E-state index contributed by atoms with van der Waals surface area (Å²) in [5, 5.41) is 0. The van der Waals surface area contributed by atoms with Crippen LogP contribution in [0, 0.1) is 5.82 Å². The molecule has 1 aromatic rings. The molecule has 1 rings (SSSR count). The zero-order valence-electron chi connectivity index (χ0n) is 5.93. The molecule has 64 valence electrons. The quantitative estimate of drug-likeness (QED) is 0.605. The van der Waals surface area contributed by atoms with E-state index >= 15 is 0 Å². The lowest BCUT2D eigenvalue weighted by atomic mass is 10.1. The van der Waals surface area contributed by atoms with Crippen LogP contribution in [0.25, 0.3) is 0 Å². The van der Waals surface area contributed by atoms with E-state index in [9.17, 15) is 9.18 Å². The molecule has 0 aromatic heterocycles. The second-order valence-corrected chi connectivity index (χ2v) is 5.23. The van der Waals surface area contributed by atoms with Crippen LogP contribution in [0.3, 0.4) is 0 Å². The number of alkyl halides is 2. The normalized spacial score (nSPS) is 10.3. The molecule has 0 unspecified atom stereocenters. The minimum absolute atomic E-state index is 0.116. The molecule has 0 saturated carbocycles. The third kappa shape index (κ3) is 2.38. The molecule has 0 radical (unpaired) electrons. The molecule has 1 aromatic carbocycles. The van der Waals surface area contributed by atoms with Crippen LogP contribution in [0.2, 0.25) is 0 Å². The lowest BCUT2D eigenvalue weighted by Crippen LogP contribution is -2.06. The molecule has 0 aliphatic heterocycles. The molecule has 0 atom stereocenters. The molecule has 0 aliphatic carbocycles. The predicted octanol–water partition coefficient (Wildman–Crippen LogP) is 3.12. The van der Waals surface area contributed by atoms with E-state index in [0.717, 1.165) is 0 Å². The minimum Gasteiger partial charge on any atom is -0.292 e. The molecule has 12 heavy (non-hydrogen) atoms. The van der Waals surface area contributed by atoms with Crippen molar-refractivity contribution in [3.63, 3.8) is 0 Å². The van der Waals surface area contributed by atoms with Crippen LogP contribution in [0.5, 0.6) is 0 Å². The first-order valence-electron chi connectivity index (χ1n) is 3.19. The molecule has 0 fully saturated rings. The second kappa shape index (κ2) is 4.14. The smallest absolute Gasteiger partial charge is 0.187 e. The van der Waals surface area contributed by atoms with Gasteiger partial charge in [0.15, 0.2) is 5.78 Å². The number of halogens is 3. The Labute approximate surface area is 86.2 Å². The van der Waals surface area contributed by atoms with Gasteiger partial charge in [-0.3, -0.25) is 4.79 Å². The lowest BCUT2D eigenvalue weighted by molar-refractivity contribution is 0.101. The Kier molecular flexibility index (Phi) is 3.40. The topological polar surface area (TPSA) is 17.1 Å². The molecule has 0 amide bonds.